The molecule has 1 aromatic rings. The van der Waals surface area contributed by atoms with Crippen molar-refractivity contribution in [3.05, 3.63) is 6.20 Å². The first-order chi connectivity index (χ1) is 6.77. The lowest BCUT2D eigenvalue weighted by Crippen LogP contribution is -2.27. The van der Waals surface area contributed by atoms with Crippen molar-refractivity contribution in [1.82, 2.24) is 9.78 Å². The lowest BCUT2D eigenvalue weighted by atomic mass is 10.4. The van der Waals surface area contributed by atoms with E-state index in [0.717, 1.165) is 44.2 Å². The van der Waals surface area contributed by atoms with Gasteiger partial charge in [0.15, 0.2) is 5.82 Å². The summed E-state index contributed by atoms with van der Waals surface area (Å²) < 4.78 is 7.12. The van der Waals surface area contributed by atoms with Crippen LogP contribution in [0.15, 0.2) is 6.20 Å². The highest BCUT2D eigenvalue weighted by Gasteiger charge is 2.15. The van der Waals surface area contributed by atoms with Crippen LogP contribution in [-0.4, -0.2) is 36.1 Å². The van der Waals surface area contributed by atoms with Crippen LogP contribution < -0.4 is 10.6 Å². The molecule has 0 radical (unpaired) electrons. The Kier molecular flexibility index (Phi) is 2.58. The molecule has 0 saturated carbocycles. The van der Waals surface area contributed by atoms with Crippen molar-refractivity contribution in [3.63, 3.8) is 0 Å². The minimum atomic E-state index is 0.745. The number of aromatic nitrogens is 2. The van der Waals surface area contributed by atoms with Gasteiger partial charge in [0.25, 0.3) is 0 Å². The standard InChI is InChI=1S/C9H16N4O/c1-12-7-8(10)9(11-12)13-3-2-5-14-6-4-13/h7H,2-6,10H2,1H3. The second-order valence-corrected chi connectivity index (χ2v) is 3.53. The highest BCUT2D eigenvalue weighted by Crippen LogP contribution is 2.20. The molecule has 0 bridgehead atoms. The SMILES string of the molecule is Cn1cc(N)c(N2CCCOCC2)n1. The lowest BCUT2D eigenvalue weighted by Gasteiger charge is -2.19. The summed E-state index contributed by atoms with van der Waals surface area (Å²) in [5.41, 5.74) is 6.60. The van der Waals surface area contributed by atoms with Gasteiger partial charge in [-0.05, 0) is 6.42 Å². The van der Waals surface area contributed by atoms with E-state index < -0.39 is 0 Å². The van der Waals surface area contributed by atoms with Crippen molar-refractivity contribution in [2.45, 2.75) is 6.42 Å². The minimum Gasteiger partial charge on any atom is -0.394 e. The highest BCUT2D eigenvalue weighted by atomic mass is 16.5. The summed E-state index contributed by atoms with van der Waals surface area (Å²) in [6.07, 6.45) is 2.87. The smallest absolute Gasteiger partial charge is 0.173 e. The Balaban J connectivity index is 2.15. The number of anilines is 2. The van der Waals surface area contributed by atoms with E-state index in [4.69, 9.17) is 10.5 Å². The van der Waals surface area contributed by atoms with E-state index in [2.05, 4.69) is 10.00 Å². The van der Waals surface area contributed by atoms with Crippen molar-refractivity contribution < 1.29 is 4.74 Å². The zero-order valence-corrected chi connectivity index (χ0v) is 8.44. The molecule has 1 aromatic heterocycles. The third kappa shape index (κ3) is 1.82. The first kappa shape index (κ1) is 9.33. The first-order valence-electron chi connectivity index (χ1n) is 4.89. The minimum absolute atomic E-state index is 0.745. The van der Waals surface area contributed by atoms with Gasteiger partial charge in [-0.25, -0.2) is 0 Å². The van der Waals surface area contributed by atoms with Gasteiger partial charge in [0.2, 0.25) is 0 Å². The fourth-order valence-corrected chi connectivity index (χ4v) is 1.70. The molecule has 0 spiro atoms. The van der Waals surface area contributed by atoms with Crippen LogP contribution in [0.5, 0.6) is 0 Å². The van der Waals surface area contributed by atoms with Crippen LogP contribution in [0, 0.1) is 0 Å². The predicted octanol–water partition coefficient (Wildman–Crippen LogP) is 0.229. The Morgan fingerprint density at radius 2 is 2.29 bits per heavy atom. The Hall–Kier alpha value is -1.23. The zero-order chi connectivity index (χ0) is 9.97. The van der Waals surface area contributed by atoms with E-state index in [1.807, 2.05) is 13.2 Å². The summed E-state index contributed by atoms with van der Waals surface area (Å²) in [5.74, 6) is 0.887. The van der Waals surface area contributed by atoms with Crippen molar-refractivity contribution in [2.75, 3.05) is 36.9 Å². The number of rotatable bonds is 1. The maximum atomic E-state index is 5.86. The molecule has 1 aliphatic rings. The molecule has 2 N–H and O–H groups in total. The predicted molar refractivity (Wildman–Crippen MR) is 55.3 cm³/mol. The van der Waals surface area contributed by atoms with Crippen molar-refractivity contribution in [2.24, 2.45) is 7.05 Å². The van der Waals surface area contributed by atoms with Crippen LogP contribution in [0.1, 0.15) is 6.42 Å². The maximum absolute atomic E-state index is 5.86. The molecular weight excluding hydrogens is 180 g/mol. The molecule has 1 saturated heterocycles. The van der Waals surface area contributed by atoms with Crippen molar-refractivity contribution in [3.8, 4) is 0 Å². The van der Waals surface area contributed by atoms with Crippen molar-refractivity contribution >= 4 is 11.5 Å². The van der Waals surface area contributed by atoms with Crippen LogP contribution >= 0.6 is 0 Å². The largest absolute Gasteiger partial charge is 0.394 e. The lowest BCUT2D eigenvalue weighted by molar-refractivity contribution is 0.152. The fourth-order valence-electron chi connectivity index (χ4n) is 1.70. The maximum Gasteiger partial charge on any atom is 0.173 e. The topological polar surface area (TPSA) is 56.3 Å². The summed E-state index contributed by atoms with van der Waals surface area (Å²) in [6, 6.07) is 0. The molecule has 5 heteroatoms. The third-order valence-electron chi connectivity index (χ3n) is 2.36. The quantitative estimate of drug-likeness (QED) is 0.698. The van der Waals surface area contributed by atoms with Gasteiger partial charge >= 0.3 is 0 Å². The van der Waals surface area contributed by atoms with Crippen LogP contribution in [0.3, 0.4) is 0 Å². The van der Waals surface area contributed by atoms with E-state index in [9.17, 15) is 0 Å². The van der Waals surface area contributed by atoms with E-state index in [1.165, 1.54) is 0 Å². The van der Waals surface area contributed by atoms with Gasteiger partial charge in [-0.3, -0.25) is 4.68 Å². The Labute approximate surface area is 83.4 Å². The van der Waals surface area contributed by atoms with Crippen LogP contribution in [-0.2, 0) is 11.8 Å². The molecule has 0 amide bonds. The summed E-state index contributed by atoms with van der Waals surface area (Å²) in [7, 11) is 1.88. The molecule has 0 aliphatic carbocycles. The molecule has 1 aliphatic heterocycles. The number of hydrogen-bond acceptors (Lipinski definition) is 4. The van der Waals surface area contributed by atoms with Crippen LogP contribution in [0.4, 0.5) is 11.5 Å². The van der Waals surface area contributed by atoms with E-state index in [0.29, 0.717) is 0 Å². The van der Waals surface area contributed by atoms with E-state index in [1.54, 1.807) is 4.68 Å². The Bertz CT molecular complexity index is 302. The summed E-state index contributed by atoms with van der Waals surface area (Å²) in [6.45, 7) is 3.45. The van der Waals surface area contributed by atoms with Gasteiger partial charge in [-0.15, -0.1) is 0 Å². The second kappa shape index (κ2) is 3.88. The van der Waals surface area contributed by atoms with E-state index >= 15 is 0 Å². The average molecular weight is 196 g/mol. The monoisotopic (exact) mass is 196 g/mol. The average Bonchev–Trinajstić information content (AvgIpc) is 2.43. The highest BCUT2D eigenvalue weighted by molar-refractivity contribution is 5.61. The molecule has 0 atom stereocenters. The van der Waals surface area contributed by atoms with Gasteiger partial charge in [0.1, 0.15) is 0 Å². The molecule has 2 heterocycles. The number of nitrogens with zero attached hydrogens (tertiary/aromatic N) is 3. The first-order valence-corrected chi connectivity index (χ1v) is 4.89. The van der Waals surface area contributed by atoms with Gasteiger partial charge < -0.3 is 15.4 Å². The number of hydrogen-bond donors (Lipinski definition) is 1. The van der Waals surface area contributed by atoms with Gasteiger partial charge in [-0.1, -0.05) is 0 Å². The molecule has 0 unspecified atom stereocenters. The fraction of sp³-hybridized carbons (Fsp3) is 0.667. The number of ether oxygens (including phenoxy) is 1. The third-order valence-corrected chi connectivity index (χ3v) is 2.36. The zero-order valence-electron chi connectivity index (χ0n) is 8.44. The number of aryl methyl sites for hydroxylation is 1. The Morgan fingerprint density at radius 3 is 3.00 bits per heavy atom. The summed E-state index contributed by atoms with van der Waals surface area (Å²) in [4.78, 5) is 2.18. The molecule has 14 heavy (non-hydrogen) atoms. The number of nitrogen functional groups attached to an aromatic ring is 1. The Morgan fingerprint density at radius 1 is 1.43 bits per heavy atom. The molecule has 0 aromatic carbocycles. The van der Waals surface area contributed by atoms with Gasteiger partial charge in [0, 0.05) is 32.9 Å². The van der Waals surface area contributed by atoms with Gasteiger partial charge in [0.05, 0.1) is 12.3 Å². The molecule has 78 valence electrons. The molecular formula is C9H16N4O. The molecule has 1 fully saturated rings. The van der Waals surface area contributed by atoms with E-state index in [-0.39, 0.29) is 0 Å². The summed E-state index contributed by atoms with van der Waals surface area (Å²) in [5, 5.41) is 4.34. The van der Waals surface area contributed by atoms with Crippen LogP contribution in [0.2, 0.25) is 0 Å². The number of nitrogens with two attached hydrogens (primary N) is 1. The molecule has 5 nitrogen and oxygen atoms in total. The summed E-state index contributed by atoms with van der Waals surface area (Å²) >= 11 is 0. The normalized spacial score (nSPS) is 18.2. The van der Waals surface area contributed by atoms with Crippen molar-refractivity contribution in [1.29, 1.82) is 0 Å². The van der Waals surface area contributed by atoms with Gasteiger partial charge in [-0.2, -0.15) is 5.10 Å². The molecule has 2 rings (SSSR count). The van der Waals surface area contributed by atoms with Crippen LogP contribution in [0.25, 0.3) is 0 Å². The second-order valence-electron chi connectivity index (χ2n) is 3.53.